The first kappa shape index (κ1) is 11.6. The third-order valence-electron chi connectivity index (χ3n) is 2.61. The predicted octanol–water partition coefficient (Wildman–Crippen LogP) is 2.54. The van der Waals surface area contributed by atoms with Crippen LogP contribution in [0.5, 0.6) is 0 Å². The number of nitrogens with two attached hydrogens (primary N) is 1. The van der Waals surface area contributed by atoms with Crippen LogP contribution in [0, 0.1) is 0 Å². The first-order valence-corrected chi connectivity index (χ1v) is 4.95. The molecule has 0 fully saturated rings. The van der Waals surface area contributed by atoms with Crippen LogP contribution in [0.4, 0.5) is 13.2 Å². The Labute approximate surface area is 95.8 Å². The Kier molecular flexibility index (Phi) is 2.65. The van der Waals surface area contributed by atoms with Gasteiger partial charge in [-0.15, -0.1) is 5.10 Å². The average Bonchev–Trinajstić information content (AvgIpc) is 2.57. The van der Waals surface area contributed by atoms with Crippen molar-refractivity contribution in [1.82, 2.24) is 0 Å². The van der Waals surface area contributed by atoms with E-state index in [2.05, 4.69) is 10.2 Å². The molecule has 2 rings (SSSR count). The molecule has 3 nitrogen and oxygen atoms in total. The molecule has 0 spiro atoms. The average molecular weight is 241 g/mol. The molecule has 1 aromatic rings. The van der Waals surface area contributed by atoms with E-state index in [0.29, 0.717) is 5.71 Å². The van der Waals surface area contributed by atoms with Crippen molar-refractivity contribution in [2.24, 2.45) is 15.9 Å². The SMILES string of the molecule is CC1=NN=C(N)C1c1ccccc1C(F)(F)F. The Morgan fingerprint density at radius 2 is 1.82 bits per heavy atom. The van der Waals surface area contributed by atoms with Crippen molar-refractivity contribution >= 4 is 11.5 Å². The van der Waals surface area contributed by atoms with Crippen LogP contribution in [0.3, 0.4) is 0 Å². The van der Waals surface area contributed by atoms with Crippen LogP contribution >= 0.6 is 0 Å². The highest BCUT2D eigenvalue weighted by Gasteiger charge is 2.37. The maximum atomic E-state index is 12.8. The lowest BCUT2D eigenvalue weighted by Gasteiger charge is -2.17. The molecule has 1 aliphatic rings. The van der Waals surface area contributed by atoms with Crippen LogP contribution in [-0.4, -0.2) is 11.5 Å². The molecule has 1 aliphatic heterocycles. The molecule has 1 unspecified atom stereocenters. The van der Waals surface area contributed by atoms with Crippen LogP contribution in [0.1, 0.15) is 24.0 Å². The molecule has 17 heavy (non-hydrogen) atoms. The minimum absolute atomic E-state index is 0.0965. The summed E-state index contributed by atoms with van der Waals surface area (Å²) in [5.74, 6) is -0.577. The quantitative estimate of drug-likeness (QED) is 0.807. The van der Waals surface area contributed by atoms with Crippen molar-refractivity contribution in [2.75, 3.05) is 0 Å². The third kappa shape index (κ3) is 2.02. The maximum absolute atomic E-state index is 12.8. The molecule has 0 aromatic heterocycles. The zero-order valence-corrected chi connectivity index (χ0v) is 8.99. The number of halogens is 3. The van der Waals surface area contributed by atoms with E-state index >= 15 is 0 Å². The van der Waals surface area contributed by atoms with E-state index in [0.717, 1.165) is 6.07 Å². The van der Waals surface area contributed by atoms with Crippen molar-refractivity contribution < 1.29 is 13.2 Å². The van der Waals surface area contributed by atoms with Gasteiger partial charge in [0.15, 0.2) is 0 Å². The minimum Gasteiger partial charge on any atom is -0.385 e. The molecule has 6 heteroatoms. The van der Waals surface area contributed by atoms with Crippen LogP contribution in [0.25, 0.3) is 0 Å². The van der Waals surface area contributed by atoms with Gasteiger partial charge in [0.1, 0.15) is 5.84 Å². The van der Waals surface area contributed by atoms with Gasteiger partial charge in [-0.05, 0) is 18.6 Å². The number of amidine groups is 1. The zero-order chi connectivity index (χ0) is 12.6. The van der Waals surface area contributed by atoms with E-state index in [-0.39, 0.29) is 11.4 Å². The standard InChI is InChI=1S/C11H10F3N3/c1-6-9(10(15)17-16-6)7-4-2-3-5-8(7)11(12,13)14/h2-5,9H,1H3,(H2,15,17). The fourth-order valence-electron chi connectivity index (χ4n) is 1.86. The molecule has 0 aliphatic carbocycles. The first-order chi connectivity index (χ1) is 7.91. The fraction of sp³-hybridized carbons (Fsp3) is 0.273. The molecular weight excluding hydrogens is 231 g/mol. The summed E-state index contributed by atoms with van der Waals surface area (Å²) in [4.78, 5) is 0. The van der Waals surface area contributed by atoms with E-state index < -0.39 is 17.7 Å². The Morgan fingerprint density at radius 3 is 2.35 bits per heavy atom. The van der Waals surface area contributed by atoms with Crippen LogP contribution in [0.15, 0.2) is 34.5 Å². The summed E-state index contributed by atoms with van der Waals surface area (Å²) in [5, 5.41) is 7.32. The Balaban J connectivity index is 2.54. The maximum Gasteiger partial charge on any atom is 0.416 e. The Bertz CT molecular complexity index is 485. The largest absolute Gasteiger partial charge is 0.416 e. The molecule has 1 aromatic carbocycles. The fourth-order valence-corrected chi connectivity index (χ4v) is 1.86. The highest BCUT2D eigenvalue weighted by molar-refractivity contribution is 6.12. The summed E-state index contributed by atoms with van der Waals surface area (Å²) >= 11 is 0. The van der Waals surface area contributed by atoms with Crippen molar-refractivity contribution in [3.8, 4) is 0 Å². The summed E-state index contributed by atoms with van der Waals surface area (Å²) in [5.41, 5.74) is 5.46. The lowest BCUT2D eigenvalue weighted by molar-refractivity contribution is -0.138. The molecule has 0 saturated heterocycles. The number of benzene rings is 1. The predicted molar refractivity (Wildman–Crippen MR) is 58.9 cm³/mol. The van der Waals surface area contributed by atoms with E-state index in [1.165, 1.54) is 12.1 Å². The number of rotatable bonds is 1. The van der Waals surface area contributed by atoms with Gasteiger partial charge in [-0.1, -0.05) is 18.2 Å². The van der Waals surface area contributed by atoms with Crippen molar-refractivity contribution in [3.63, 3.8) is 0 Å². The lowest BCUT2D eigenvalue weighted by atomic mass is 9.90. The van der Waals surface area contributed by atoms with Gasteiger partial charge in [0.2, 0.25) is 0 Å². The summed E-state index contributed by atoms with van der Waals surface area (Å²) < 4.78 is 38.5. The molecule has 1 atom stereocenters. The Hall–Kier alpha value is -1.85. The number of hydrogen-bond acceptors (Lipinski definition) is 3. The molecule has 2 N–H and O–H groups in total. The van der Waals surface area contributed by atoms with E-state index in [1.807, 2.05) is 0 Å². The van der Waals surface area contributed by atoms with Crippen LogP contribution < -0.4 is 5.73 Å². The minimum atomic E-state index is -4.40. The molecule has 0 amide bonds. The topological polar surface area (TPSA) is 50.7 Å². The molecule has 0 radical (unpaired) electrons. The Morgan fingerprint density at radius 1 is 1.18 bits per heavy atom. The molecule has 0 bridgehead atoms. The number of alkyl halides is 3. The molecule has 90 valence electrons. The van der Waals surface area contributed by atoms with Crippen molar-refractivity contribution in [2.45, 2.75) is 19.0 Å². The van der Waals surface area contributed by atoms with Gasteiger partial charge in [-0.25, -0.2) is 0 Å². The normalized spacial score (nSPS) is 20.1. The zero-order valence-electron chi connectivity index (χ0n) is 8.99. The van der Waals surface area contributed by atoms with Crippen molar-refractivity contribution in [1.29, 1.82) is 0 Å². The number of hydrogen-bond donors (Lipinski definition) is 1. The third-order valence-corrected chi connectivity index (χ3v) is 2.61. The van der Waals surface area contributed by atoms with Gasteiger partial charge >= 0.3 is 6.18 Å². The van der Waals surface area contributed by atoms with Gasteiger partial charge < -0.3 is 5.73 Å². The van der Waals surface area contributed by atoms with Gasteiger partial charge in [-0.3, -0.25) is 0 Å². The van der Waals surface area contributed by atoms with Gasteiger partial charge in [-0.2, -0.15) is 18.3 Å². The first-order valence-electron chi connectivity index (χ1n) is 4.95. The smallest absolute Gasteiger partial charge is 0.385 e. The highest BCUT2D eigenvalue weighted by atomic mass is 19.4. The molecule has 1 heterocycles. The second-order valence-corrected chi connectivity index (χ2v) is 3.78. The molecule has 0 saturated carbocycles. The van der Waals surface area contributed by atoms with Crippen molar-refractivity contribution in [3.05, 3.63) is 35.4 Å². The summed E-state index contributed by atoms with van der Waals surface area (Å²) in [6, 6.07) is 5.33. The lowest BCUT2D eigenvalue weighted by Crippen LogP contribution is -2.26. The highest BCUT2D eigenvalue weighted by Crippen LogP contribution is 2.36. The number of nitrogens with zero attached hydrogens (tertiary/aromatic N) is 2. The van der Waals surface area contributed by atoms with Crippen LogP contribution in [-0.2, 0) is 6.18 Å². The van der Waals surface area contributed by atoms with E-state index in [4.69, 9.17) is 5.73 Å². The van der Waals surface area contributed by atoms with E-state index in [9.17, 15) is 13.2 Å². The van der Waals surface area contributed by atoms with E-state index in [1.54, 1.807) is 13.0 Å². The second kappa shape index (κ2) is 3.87. The van der Waals surface area contributed by atoms with Gasteiger partial charge in [0, 0.05) is 0 Å². The summed E-state index contributed by atoms with van der Waals surface area (Å²) in [6.07, 6.45) is -4.40. The summed E-state index contributed by atoms with van der Waals surface area (Å²) in [7, 11) is 0. The summed E-state index contributed by atoms with van der Waals surface area (Å²) in [6.45, 7) is 1.61. The van der Waals surface area contributed by atoms with Gasteiger partial charge in [0.05, 0.1) is 17.2 Å². The monoisotopic (exact) mass is 241 g/mol. The van der Waals surface area contributed by atoms with Gasteiger partial charge in [0.25, 0.3) is 0 Å². The second-order valence-electron chi connectivity index (χ2n) is 3.78. The molecular formula is C11H10F3N3. The van der Waals surface area contributed by atoms with Crippen LogP contribution in [0.2, 0.25) is 0 Å².